The fourth-order valence-corrected chi connectivity index (χ4v) is 4.05. The predicted molar refractivity (Wildman–Crippen MR) is 112 cm³/mol. The number of halogens is 3. The number of aromatic nitrogens is 2. The van der Waals surface area contributed by atoms with Crippen molar-refractivity contribution in [3.8, 4) is 0 Å². The van der Waals surface area contributed by atoms with Gasteiger partial charge in [-0.2, -0.15) is 0 Å². The van der Waals surface area contributed by atoms with Crippen molar-refractivity contribution in [3.63, 3.8) is 0 Å². The Bertz CT molecular complexity index is 874. The van der Waals surface area contributed by atoms with Gasteiger partial charge in [-0.3, -0.25) is 0 Å². The van der Waals surface area contributed by atoms with Crippen LogP contribution in [0.15, 0.2) is 64.5 Å². The molecule has 3 rings (SSSR count). The van der Waals surface area contributed by atoms with Crippen molar-refractivity contribution in [2.45, 2.75) is 24.5 Å². The zero-order valence-electron chi connectivity index (χ0n) is 14.0. The quantitative estimate of drug-likeness (QED) is 0.281. The summed E-state index contributed by atoms with van der Waals surface area (Å²) in [7, 11) is 0. The average molecular weight is 472 g/mol. The maximum atomic E-state index is 6.40. The number of hydrogen-bond acceptors (Lipinski definition) is 3. The largest absolute Gasteiger partial charge is 0.361 e. The van der Waals surface area contributed by atoms with Gasteiger partial charge in [-0.15, -0.1) is 0 Å². The van der Waals surface area contributed by atoms with Crippen LogP contribution in [-0.2, 0) is 11.3 Å². The predicted octanol–water partition coefficient (Wildman–Crippen LogP) is 6.77. The Morgan fingerprint density at radius 2 is 2.08 bits per heavy atom. The van der Waals surface area contributed by atoms with Gasteiger partial charge in [0.15, 0.2) is 0 Å². The molecule has 2 aromatic carbocycles. The molecule has 3 nitrogen and oxygen atoms in total. The normalized spacial score (nSPS) is 12.3. The average Bonchev–Trinajstić information content (AvgIpc) is 3.10. The van der Waals surface area contributed by atoms with Gasteiger partial charge in [0.2, 0.25) is 0 Å². The maximum Gasteiger partial charge on any atom is 0.103 e. The minimum Gasteiger partial charge on any atom is -0.361 e. The van der Waals surface area contributed by atoms with Gasteiger partial charge in [0, 0.05) is 37.4 Å². The number of ether oxygens (including phenoxy) is 1. The number of rotatable bonds is 7. The summed E-state index contributed by atoms with van der Waals surface area (Å²) in [6, 6.07) is 11.8. The highest BCUT2D eigenvalue weighted by Gasteiger charge is 2.17. The minimum absolute atomic E-state index is 0.196. The van der Waals surface area contributed by atoms with Gasteiger partial charge in [-0.25, -0.2) is 4.98 Å². The highest BCUT2D eigenvalue weighted by molar-refractivity contribution is 9.10. The van der Waals surface area contributed by atoms with Gasteiger partial charge in [-0.05, 0) is 42.8 Å². The Kier molecular flexibility index (Phi) is 7.06. The van der Waals surface area contributed by atoms with E-state index in [1.165, 1.54) is 5.56 Å². The van der Waals surface area contributed by atoms with E-state index in [1.54, 1.807) is 30.4 Å². The maximum absolute atomic E-state index is 6.40. The zero-order valence-corrected chi connectivity index (χ0v) is 17.9. The van der Waals surface area contributed by atoms with Gasteiger partial charge in [0.1, 0.15) is 6.10 Å². The van der Waals surface area contributed by atoms with E-state index >= 15 is 0 Å². The van der Waals surface area contributed by atoms with E-state index in [0.717, 1.165) is 14.9 Å². The summed E-state index contributed by atoms with van der Waals surface area (Å²) < 4.78 is 9.25. The molecule has 0 spiro atoms. The van der Waals surface area contributed by atoms with E-state index in [1.807, 2.05) is 22.9 Å². The summed E-state index contributed by atoms with van der Waals surface area (Å²) in [6.45, 7) is 2.70. The molecule has 7 heteroatoms. The third kappa shape index (κ3) is 5.27. The van der Waals surface area contributed by atoms with E-state index in [4.69, 9.17) is 27.9 Å². The first-order valence-electron chi connectivity index (χ1n) is 7.94. The summed E-state index contributed by atoms with van der Waals surface area (Å²) in [5.41, 5.74) is 2.11. The SMILES string of the molecule is Cc1cc(SCOC(Cn2ccnc2)c2ccc(Cl)cc2Cl)ccc1Br. The van der Waals surface area contributed by atoms with Crippen LogP contribution in [0.3, 0.4) is 0 Å². The van der Waals surface area contributed by atoms with E-state index in [2.05, 4.69) is 46.0 Å². The van der Waals surface area contributed by atoms with Crippen molar-refractivity contribution in [2.75, 3.05) is 5.94 Å². The van der Waals surface area contributed by atoms with Crippen molar-refractivity contribution in [3.05, 3.63) is 80.8 Å². The van der Waals surface area contributed by atoms with E-state index in [9.17, 15) is 0 Å². The molecule has 0 aliphatic rings. The monoisotopic (exact) mass is 470 g/mol. The lowest BCUT2D eigenvalue weighted by Crippen LogP contribution is -2.12. The van der Waals surface area contributed by atoms with Crippen LogP contribution in [0.25, 0.3) is 0 Å². The number of benzene rings is 2. The van der Waals surface area contributed by atoms with E-state index < -0.39 is 0 Å². The summed E-state index contributed by atoms with van der Waals surface area (Å²) in [5.74, 6) is 0.513. The first-order chi connectivity index (χ1) is 12.5. The number of hydrogen-bond donors (Lipinski definition) is 0. The lowest BCUT2D eigenvalue weighted by Gasteiger charge is -2.20. The Labute approximate surface area is 175 Å². The fraction of sp³-hybridized carbons (Fsp3) is 0.211. The molecule has 1 atom stereocenters. The van der Waals surface area contributed by atoms with E-state index in [0.29, 0.717) is 22.5 Å². The van der Waals surface area contributed by atoms with Gasteiger partial charge in [0.25, 0.3) is 0 Å². The highest BCUT2D eigenvalue weighted by Crippen LogP contribution is 2.32. The number of thioether (sulfide) groups is 1. The topological polar surface area (TPSA) is 27.1 Å². The van der Waals surface area contributed by atoms with Crippen LogP contribution in [0.4, 0.5) is 0 Å². The molecule has 0 aliphatic carbocycles. The van der Waals surface area contributed by atoms with Crippen molar-refractivity contribution in [2.24, 2.45) is 0 Å². The van der Waals surface area contributed by atoms with Crippen molar-refractivity contribution in [1.82, 2.24) is 9.55 Å². The molecule has 26 heavy (non-hydrogen) atoms. The molecule has 1 heterocycles. The van der Waals surface area contributed by atoms with Crippen LogP contribution in [0, 0.1) is 6.92 Å². The first kappa shape index (κ1) is 19.8. The molecular weight excluding hydrogens is 455 g/mol. The smallest absolute Gasteiger partial charge is 0.103 e. The number of aryl methyl sites for hydroxylation is 1. The van der Waals surface area contributed by atoms with Crippen LogP contribution in [0.2, 0.25) is 10.0 Å². The van der Waals surface area contributed by atoms with Crippen molar-refractivity contribution in [1.29, 1.82) is 0 Å². The van der Waals surface area contributed by atoms with E-state index in [-0.39, 0.29) is 6.10 Å². The standard InChI is InChI=1S/C19H17BrCl2N2OS/c1-13-8-15(3-5-17(13)20)26-12-25-19(10-24-7-6-23-11-24)16-4-2-14(21)9-18(16)22/h2-9,11,19H,10,12H2,1H3. The Hall–Kier alpha value is -0.980. The second-order valence-corrected chi connectivity index (χ2v) is 8.45. The lowest BCUT2D eigenvalue weighted by atomic mass is 10.1. The Morgan fingerprint density at radius 3 is 2.77 bits per heavy atom. The van der Waals surface area contributed by atoms with Crippen molar-refractivity contribution >= 4 is 50.9 Å². The molecule has 0 saturated carbocycles. The molecule has 3 aromatic rings. The summed E-state index contributed by atoms with van der Waals surface area (Å²) >= 11 is 17.6. The molecule has 0 N–H and O–H groups in total. The van der Waals surface area contributed by atoms with Gasteiger partial charge < -0.3 is 9.30 Å². The molecule has 0 aliphatic heterocycles. The van der Waals surface area contributed by atoms with Gasteiger partial charge in [-0.1, -0.05) is 57.0 Å². The number of nitrogens with zero attached hydrogens (tertiary/aromatic N) is 2. The fourth-order valence-electron chi connectivity index (χ4n) is 2.48. The van der Waals surface area contributed by atoms with Crippen molar-refractivity contribution < 1.29 is 4.74 Å². The molecule has 0 fully saturated rings. The molecule has 1 aromatic heterocycles. The summed E-state index contributed by atoms with van der Waals surface area (Å²) in [4.78, 5) is 5.26. The van der Waals surface area contributed by atoms with Crippen LogP contribution >= 0.6 is 50.9 Å². The number of imidazole rings is 1. The lowest BCUT2D eigenvalue weighted by molar-refractivity contribution is 0.0759. The zero-order chi connectivity index (χ0) is 18.5. The second kappa shape index (κ2) is 9.29. The molecule has 0 saturated heterocycles. The Balaban J connectivity index is 1.71. The Morgan fingerprint density at radius 1 is 1.23 bits per heavy atom. The molecule has 0 amide bonds. The van der Waals surface area contributed by atoms with Crippen LogP contribution in [-0.4, -0.2) is 15.5 Å². The summed E-state index contributed by atoms with van der Waals surface area (Å²) in [5, 5.41) is 1.21. The summed E-state index contributed by atoms with van der Waals surface area (Å²) in [6.07, 6.45) is 5.23. The molecule has 0 radical (unpaired) electrons. The van der Waals surface area contributed by atoms with Gasteiger partial charge in [0.05, 0.1) is 18.8 Å². The highest BCUT2D eigenvalue weighted by atomic mass is 79.9. The minimum atomic E-state index is -0.196. The second-order valence-electron chi connectivity index (χ2n) is 5.75. The molecule has 0 bridgehead atoms. The molecular formula is C19H17BrCl2N2OS. The molecule has 136 valence electrons. The third-order valence-electron chi connectivity index (χ3n) is 3.87. The van der Waals surface area contributed by atoms with Crippen LogP contribution in [0.5, 0.6) is 0 Å². The molecule has 1 unspecified atom stereocenters. The van der Waals surface area contributed by atoms with Crippen LogP contribution in [0.1, 0.15) is 17.2 Å². The van der Waals surface area contributed by atoms with Gasteiger partial charge >= 0.3 is 0 Å². The first-order valence-corrected chi connectivity index (χ1v) is 10.5. The third-order valence-corrected chi connectivity index (χ3v) is 6.16. The van der Waals surface area contributed by atoms with Crippen LogP contribution < -0.4 is 0 Å².